The molecule has 1 aromatic carbocycles. The lowest BCUT2D eigenvalue weighted by Crippen LogP contribution is -2.36. The van der Waals surface area contributed by atoms with Gasteiger partial charge in [0.2, 0.25) is 15.9 Å². The molecule has 1 aliphatic heterocycles. The Morgan fingerprint density at radius 2 is 1.89 bits per heavy atom. The van der Waals surface area contributed by atoms with Crippen LogP contribution in [0.5, 0.6) is 0 Å². The fourth-order valence-electron chi connectivity index (χ4n) is 1.98. The van der Waals surface area contributed by atoms with Gasteiger partial charge in [-0.05, 0) is 11.1 Å². The number of nitrogens with one attached hydrogen (secondary N) is 2. The third kappa shape index (κ3) is 4.02. The summed E-state index contributed by atoms with van der Waals surface area (Å²) in [5.41, 5.74) is 7.13. The Morgan fingerprint density at radius 3 is 2.42 bits per heavy atom. The second-order valence-corrected chi connectivity index (χ2v) is 6.36. The summed E-state index contributed by atoms with van der Waals surface area (Å²) in [6, 6.07) is 6.77. The van der Waals surface area contributed by atoms with E-state index in [0.29, 0.717) is 18.7 Å². The highest BCUT2D eigenvalue weighted by atomic mass is 32.2. The first kappa shape index (κ1) is 14.0. The summed E-state index contributed by atoms with van der Waals surface area (Å²) in [5.74, 6) is -0.220. The smallest absolute Gasteiger partial charge is 0.221 e. The number of benzene rings is 1. The van der Waals surface area contributed by atoms with Gasteiger partial charge >= 0.3 is 0 Å². The van der Waals surface area contributed by atoms with Gasteiger partial charge in [0.1, 0.15) is 0 Å². The standard InChI is InChI=1S/C12H17N3O3S/c13-6-9-1-3-10(4-2-9)8-19(17,18)15-11-5-12(16)14-7-11/h1-4,11,15H,5-8,13H2,(H,14,16). The van der Waals surface area contributed by atoms with Crippen molar-refractivity contribution < 1.29 is 13.2 Å². The topological polar surface area (TPSA) is 101 Å². The molecule has 1 unspecified atom stereocenters. The van der Waals surface area contributed by atoms with E-state index in [4.69, 9.17) is 5.73 Å². The average molecular weight is 283 g/mol. The summed E-state index contributed by atoms with van der Waals surface area (Å²) in [6.45, 7) is 0.783. The molecule has 0 saturated carbocycles. The van der Waals surface area contributed by atoms with Gasteiger partial charge in [-0.15, -0.1) is 0 Å². The second kappa shape index (κ2) is 5.68. The first-order chi connectivity index (χ1) is 8.98. The molecule has 1 heterocycles. The summed E-state index contributed by atoms with van der Waals surface area (Å²) >= 11 is 0. The zero-order valence-corrected chi connectivity index (χ0v) is 11.2. The number of sulfonamides is 1. The predicted octanol–water partition coefficient (Wildman–Crippen LogP) is -0.547. The maximum absolute atomic E-state index is 11.9. The Bertz CT molecular complexity index is 554. The van der Waals surface area contributed by atoms with Crippen LogP contribution in [0, 0.1) is 0 Å². The Labute approximate surface area is 112 Å². The van der Waals surface area contributed by atoms with E-state index in [9.17, 15) is 13.2 Å². The molecule has 0 radical (unpaired) electrons. The van der Waals surface area contributed by atoms with Crippen LogP contribution >= 0.6 is 0 Å². The molecule has 7 heteroatoms. The van der Waals surface area contributed by atoms with Crippen molar-refractivity contribution in [3.8, 4) is 0 Å². The number of hydrogen-bond acceptors (Lipinski definition) is 4. The number of carbonyl (C=O) groups is 1. The molecule has 4 N–H and O–H groups in total. The van der Waals surface area contributed by atoms with E-state index in [1.807, 2.05) is 12.1 Å². The maximum Gasteiger partial charge on any atom is 0.221 e. The molecule has 1 saturated heterocycles. The third-order valence-corrected chi connectivity index (χ3v) is 4.34. The van der Waals surface area contributed by atoms with Crippen molar-refractivity contribution in [1.82, 2.24) is 10.0 Å². The van der Waals surface area contributed by atoms with Gasteiger partial charge in [0.25, 0.3) is 0 Å². The Balaban J connectivity index is 1.98. The summed E-state index contributed by atoms with van der Waals surface area (Å²) in [4.78, 5) is 11.0. The Morgan fingerprint density at radius 1 is 1.26 bits per heavy atom. The summed E-state index contributed by atoms with van der Waals surface area (Å²) < 4.78 is 26.4. The highest BCUT2D eigenvalue weighted by Crippen LogP contribution is 2.09. The van der Waals surface area contributed by atoms with E-state index >= 15 is 0 Å². The molecule has 19 heavy (non-hydrogen) atoms. The number of carbonyl (C=O) groups excluding carboxylic acids is 1. The van der Waals surface area contributed by atoms with E-state index in [2.05, 4.69) is 10.0 Å². The van der Waals surface area contributed by atoms with Crippen molar-refractivity contribution >= 4 is 15.9 Å². The van der Waals surface area contributed by atoms with Crippen LogP contribution in [0.2, 0.25) is 0 Å². The van der Waals surface area contributed by atoms with Crippen molar-refractivity contribution in [2.24, 2.45) is 5.73 Å². The Kier molecular flexibility index (Phi) is 4.18. The van der Waals surface area contributed by atoms with Crippen molar-refractivity contribution in [2.45, 2.75) is 24.8 Å². The number of amides is 1. The molecule has 1 amide bonds. The van der Waals surface area contributed by atoms with Gasteiger partial charge in [-0.25, -0.2) is 13.1 Å². The highest BCUT2D eigenvalue weighted by molar-refractivity contribution is 7.88. The minimum atomic E-state index is -3.43. The molecule has 6 nitrogen and oxygen atoms in total. The van der Waals surface area contributed by atoms with Gasteiger partial charge in [0.15, 0.2) is 0 Å². The third-order valence-electron chi connectivity index (χ3n) is 2.94. The average Bonchev–Trinajstić information content (AvgIpc) is 2.74. The van der Waals surface area contributed by atoms with E-state index in [1.54, 1.807) is 12.1 Å². The van der Waals surface area contributed by atoms with Crippen LogP contribution in [0.1, 0.15) is 17.5 Å². The monoisotopic (exact) mass is 283 g/mol. The zero-order chi connectivity index (χ0) is 13.9. The lowest BCUT2D eigenvalue weighted by Gasteiger charge is -2.11. The van der Waals surface area contributed by atoms with Crippen LogP contribution in [0.3, 0.4) is 0 Å². The molecule has 1 aliphatic rings. The number of rotatable bonds is 5. The van der Waals surface area contributed by atoms with Crippen molar-refractivity contribution in [1.29, 1.82) is 0 Å². The van der Waals surface area contributed by atoms with E-state index in [-0.39, 0.29) is 24.1 Å². The van der Waals surface area contributed by atoms with Crippen LogP contribution in [-0.4, -0.2) is 26.9 Å². The predicted molar refractivity (Wildman–Crippen MR) is 71.5 cm³/mol. The second-order valence-electron chi connectivity index (χ2n) is 4.60. The summed E-state index contributed by atoms with van der Waals surface area (Å²) in [7, 11) is -3.43. The molecule has 2 rings (SSSR count). The van der Waals surface area contributed by atoms with E-state index < -0.39 is 10.0 Å². The highest BCUT2D eigenvalue weighted by Gasteiger charge is 2.25. The van der Waals surface area contributed by atoms with Gasteiger partial charge in [0.05, 0.1) is 5.75 Å². The van der Waals surface area contributed by atoms with Gasteiger partial charge < -0.3 is 11.1 Å². The molecular weight excluding hydrogens is 266 g/mol. The number of nitrogens with two attached hydrogens (primary N) is 1. The molecule has 0 spiro atoms. The van der Waals surface area contributed by atoms with Crippen molar-refractivity contribution in [3.63, 3.8) is 0 Å². The molecule has 0 aromatic heterocycles. The fourth-order valence-corrected chi connectivity index (χ4v) is 3.36. The number of hydrogen-bond donors (Lipinski definition) is 3. The minimum Gasteiger partial charge on any atom is -0.354 e. The van der Waals surface area contributed by atoms with Gasteiger partial charge in [-0.3, -0.25) is 4.79 Å². The zero-order valence-electron chi connectivity index (χ0n) is 10.4. The normalized spacial score (nSPS) is 19.4. The van der Waals surface area contributed by atoms with Crippen LogP contribution in [-0.2, 0) is 27.1 Å². The van der Waals surface area contributed by atoms with Crippen molar-refractivity contribution in [2.75, 3.05) is 6.54 Å². The van der Waals surface area contributed by atoms with E-state index in [1.165, 1.54) is 0 Å². The molecule has 0 aliphatic carbocycles. The van der Waals surface area contributed by atoms with E-state index in [0.717, 1.165) is 5.56 Å². The minimum absolute atomic E-state index is 0.0947. The lowest BCUT2D eigenvalue weighted by atomic mass is 10.1. The first-order valence-corrected chi connectivity index (χ1v) is 7.68. The van der Waals surface area contributed by atoms with Crippen molar-refractivity contribution in [3.05, 3.63) is 35.4 Å². The fraction of sp³-hybridized carbons (Fsp3) is 0.417. The SMILES string of the molecule is NCc1ccc(CS(=O)(=O)NC2CNC(=O)C2)cc1. The van der Waals surface area contributed by atoms with Crippen LogP contribution in [0.15, 0.2) is 24.3 Å². The molecule has 1 fully saturated rings. The molecule has 0 bridgehead atoms. The molecular formula is C12H17N3O3S. The largest absolute Gasteiger partial charge is 0.354 e. The lowest BCUT2D eigenvalue weighted by molar-refractivity contribution is -0.119. The van der Waals surface area contributed by atoms with Gasteiger partial charge in [-0.2, -0.15) is 0 Å². The molecule has 1 atom stereocenters. The first-order valence-electron chi connectivity index (χ1n) is 6.03. The summed E-state index contributed by atoms with van der Waals surface area (Å²) in [6.07, 6.45) is 0.200. The van der Waals surface area contributed by atoms with Crippen LogP contribution in [0.4, 0.5) is 0 Å². The maximum atomic E-state index is 11.9. The van der Waals surface area contributed by atoms with Gasteiger partial charge in [-0.1, -0.05) is 24.3 Å². The Hall–Kier alpha value is -1.44. The quantitative estimate of drug-likeness (QED) is 0.675. The molecule has 104 valence electrons. The van der Waals surface area contributed by atoms with Gasteiger partial charge in [0, 0.05) is 25.6 Å². The summed E-state index contributed by atoms with van der Waals surface area (Å²) in [5, 5.41) is 2.59. The molecule has 1 aromatic rings. The van der Waals surface area contributed by atoms with Crippen LogP contribution < -0.4 is 15.8 Å². The van der Waals surface area contributed by atoms with Crippen LogP contribution in [0.25, 0.3) is 0 Å².